The fourth-order valence-electron chi connectivity index (χ4n) is 7.27. The average molecular weight is 628 g/mol. The Morgan fingerprint density at radius 2 is 0.918 bits per heavy atom. The van der Waals surface area contributed by atoms with Crippen molar-refractivity contribution in [1.29, 1.82) is 0 Å². The van der Waals surface area contributed by atoms with Crippen LogP contribution in [-0.2, 0) is 0 Å². The molecule has 0 atom stereocenters. The minimum absolute atomic E-state index is 0.857. The third kappa shape index (κ3) is 4.59. The van der Waals surface area contributed by atoms with E-state index in [1.807, 2.05) is 30.3 Å². The molecule has 10 aromatic rings. The van der Waals surface area contributed by atoms with Gasteiger partial charge in [-0.15, -0.1) is 0 Å². The van der Waals surface area contributed by atoms with Crippen LogP contribution in [0.5, 0.6) is 0 Å². The number of hydrogen-bond donors (Lipinski definition) is 0. The van der Waals surface area contributed by atoms with Crippen molar-refractivity contribution < 1.29 is 8.83 Å². The Hall–Kier alpha value is -6.58. The standard InChI is InChI=1S/C46H29NO2/c1-2-10-32-28-35(20-19-30(32)9-1)34-12-7-11-33(27-34)31-21-23-36(24-22-31)47(37-25-26-39-38-13-3-5-16-42(38)49-45(39)29-37)41-15-8-18-44-46(41)40-14-4-6-17-43(40)48-44/h1-29H. The zero-order chi connectivity index (χ0) is 32.3. The number of benzene rings is 8. The molecule has 230 valence electrons. The fourth-order valence-corrected chi connectivity index (χ4v) is 7.27. The van der Waals surface area contributed by atoms with E-state index in [4.69, 9.17) is 8.83 Å². The predicted octanol–water partition coefficient (Wildman–Crippen LogP) is 13.4. The van der Waals surface area contributed by atoms with Crippen LogP contribution in [0.1, 0.15) is 0 Å². The van der Waals surface area contributed by atoms with Crippen LogP contribution in [0.25, 0.3) is 76.9 Å². The lowest BCUT2D eigenvalue weighted by Gasteiger charge is -2.26. The van der Waals surface area contributed by atoms with E-state index in [1.54, 1.807) is 0 Å². The van der Waals surface area contributed by atoms with Gasteiger partial charge in [-0.25, -0.2) is 0 Å². The SMILES string of the molecule is c1cc(-c2ccc(N(c3ccc4c(c3)oc3ccccc34)c3cccc4oc5ccccc5c34)cc2)cc(-c2ccc3ccccc3c2)c1. The molecule has 10 rings (SSSR count). The highest BCUT2D eigenvalue weighted by atomic mass is 16.3. The van der Waals surface area contributed by atoms with Crippen LogP contribution in [0.4, 0.5) is 17.1 Å². The molecule has 0 unspecified atom stereocenters. The van der Waals surface area contributed by atoms with Crippen LogP contribution >= 0.6 is 0 Å². The fraction of sp³-hybridized carbons (Fsp3) is 0. The third-order valence-corrected chi connectivity index (χ3v) is 9.65. The average Bonchev–Trinajstić information content (AvgIpc) is 3.74. The summed E-state index contributed by atoms with van der Waals surface area (Å²) in [4.78, 5) is 2.31. The van der Waals surface area contributed by atoms with Crippen molar-refractivity contribution in [1.82, 2.24) is 0 Å². The van der Waals surface area contributed by atoms with E-state index in [9.17, 15) is 0 Å². The lowest BCUT2D eigenvalue weighted by Crippen LogP contribution is -2.10. The minimum Gasteiger partial charge on any atom is -0.456 e. The summed E-state index contributed by atoms with van der Waals surface area (Å²) in [6, 6.07) is 62.1. The van der Waals surface area contributed by atoms with Crippen LogP contribution < -0.4 is 4.90 Å². The van der Waals surface area contributed by atoms with Crippen LogP contribution in [0.15, 0.2) is 185 Å². The van der Waals surface area contributed by atoms with Gasteiger partial charge in [-0.1, -0.05) is 109 Å². The van der Waals surface area contributed by atoms with Gasteiger partial charge < -0.3 is 13.7 Å². The highest BCUT2D eigenvalue weighted by molar-refractivity contribution is 6.14. The van der Waals surface area contributed by atoms with Gasteiger partial charge in [0.15, 0.2) is 0 Å². The Morgan fingerprint density at radius 1 is 0.327 bits per heavy atom. The lowest BCUT2D eigenvalue weighted by molar-refractivity contribution is 0.669. The summed E-state index contributed by atoms with van der Waals surface area (Å²) in [5, 5.41) is 6.89. The maximum atomic E-state index is 6.36. The van der Waals surface area contributed by atoms with Gasteiger partial charge in [-0.05, 0) is 93.7 Å². The van der Waals surface area contributed by atoms with E-state index < -0.39 is 0 Å². The largest absolute Gasteiger partial charge is 0.456 e. The summed E-state index contributed by atoms with van der Waals surface area (Å²) in [7, 11) is 0. The molecule has 0 aliphatic carbocycles. The first kappa shape index (κ1) is 27.5. The summed E-state index contributed by atoms with van der Waals surface area (Å²) in [6.07, 6.45) is 0. The van der Waals surface area contributed by atoms with Crippen molar-refractivity contribution in [3.8, 4) is 22.3 Å². The molecule has 0 saturated carbocycles. The van der Waals surface area contributed by atoms with Crippen molar-refractivity contribution in [3.05, 3.63) is 176 Å². The number of para-hydroxylation sites is 2. The van der Waals surface area contributed by atoms with Gasteiger partial charge in [0, 0.05) is 33.6 Å². The monoisotopic (exact) mass is 627 g/mol. The Kier molecular flexibility index (Phi) is 6.18. The molecular formula is C46H29NO2. The summed E-state index contributed by atoms with van der Waals surface area (Å²) >= 11 is 0. The molecule has 0 N–H and O–H groups in total. The van der Waals surface area contributed by atoms with Crippen molar-refractivity contribution >= 4 is 71.7 Å². The smallest absolute Gasteiger partial charge is 0.137 e. The van der Waals surface area contributed by atoms with E-state index in [0.717, 1.165) is 66.5 Å². The van der Waals surface area contributed by atoms with Crippen molar-refractivity contribution in [2.24, 2.45) is 0 Å². The lowest BCUT2D eigenvalue weighted by atomic mass is 9.97. The molecule has 2 heterocycles. The molecule has 8 aromatic carbocycles. The number of furan rings is 2. The molecule has 0 spiro atoms. The summed E-state index contributed by atoms with van der Waals surface area (Å²) in [5.41, 5.74) is 11.3. The molecule has 0 fully saturated rings. The predicted molar refractivity (Wildman–Crippen MR) is 204 cm³/mol. The molecule has 49 heavy (non-hydrogen) atoms. The van der Waals surface area contributed by atoms with Gasteiger partial charge in [-0.3, -0.25) is 0 Å². The Bertz CT molecular complexity index is 2840. The molecule has 3 heteroatoms. The van der Waals surface area contributed by atoms with Crippen molar-refractivity contribution in [3.63, 3.8) is 0 Å². The number of rotatable bonds is 5. The first-order chi connectivity index (χ1) is 24.3. The van der Waals surface area contributed by atoms with Crippen LogP contribution in [0.2, 0.25) is 0 Å². The molecular weight excluding hydrogens is 599 g/mol. The van der Waals surface area contributed by atoms with Crippen molar-refractivity contribution in [2.45, 2.75) is 0 Å². The van der Waals surface area contributed by atoms with Gasteiger partial charge in [0.25, 0.3) is 0 Å². The van der Waals surface area contributed by atoms with Crippen LogP contribution in [0.3, 0.4) is 0 Å². The number of anilines is 3. The Balaban J connectivity index is 1.11. The highest BCUT2D eigenvalue weighted by Gasteiger charge is 2.20. The molecule has 0 amide bonds. The van der Waals surface area contributed by atoms with E-state index in [1.165, 1.54) is 27.5 Å². The quantitative estimate of drug-likeness (QED) is 0.190. The number of hydrogen-bond acceptors (Lipinski definition) is 3. The number of nitrogens with zero attached hydrogens (tertiary/aromatic N) is 1. The third-order valence-electron chi connectivity index (χ3n) is 9.65. The maximum Gasteiger partial charge on any atom is 0.137 e. The van der Waals surface area contributed by atoms with Crippen molar-refractivity contribution in [2.75, 3.05) is 4.90 Å². The topological polar surface area (TPSA) is 29.5 Å². The zero-order valence-electron chi connectivity index (χ0n) is 26.5. The second-order valence-electron chi connectivity index (χ2n) is 12.6. The van der Waals surface area contributed by atoms with E-state index in [0.29, 0.717) is 0 Å². The Morgan fingerprint density at radius 3 is 1.78 bits per heavy atom. The first-order valence-electron chi connectivity index (χ1n) is 16.6. The second-order valence-corrected chi connectivity index (χ2v) is 12.6. The van der Waals surface area contributed by atoms with E-state index in [2.05, 4.69) is 150 Å². The first-order valence-corrected chi connectivity index (χ1v) is 16.6. The second kappa shape index (κ2) is 11.0. The zero-order valence-corrected chi connectivity index (χ0v) is 26.5. The molecule has 0 saturated heterocycles. The van der Waals surface area contributed by atoms with E-state index >= 15 is 0 Å². The summed E-state index contributed by atoms with van der Waals surface area (Å²) in [5.74, 6) is 0. The van der Waals surface area contributed by atoms with Gasteiger partial charge in [-0.2, -0.15) is 0 Å². The molecule has 0 bridgehead atoms. The van der Waals surface area contributed by atoms with Gasteiger partial charge >= 0.3 is 0 Å². The van der Waals surface area contributed by atoms with Gasteiger partial charge in [0.1, 0.15) is 22.3 Å². The molecule has 3 nitrogen and oxygen atoms in total. The summed E-state index contributed by atoms with van der Waals surface area (Å²) in [6.45, 7) is 0. The van der Waals surface area contributed by atoms with Crippen LogP contribution in [0, 0.1) is 0 Å². The minimum atomic E-state index is 0.857. The molecule has 0 radical (unpaired) electrons. The highest BCUT2D eigenvalue weighted by Crippen LogP contribution is 2.44. The molecule has 2 aromatic heterocycles. The number of fused-ring (bicyclic) bond motifs is 7. The molecule has 0 aliphatic heterocycles. The Labute approximate surface area is 282 Å². The van der Waals surface area contributed by atoms with E-state index in [-0.39, 0.29) is 0 Å². The van der Waals surface area contributed by atoms with Crippen LogP contribution in [-0.4, -0.2) is 0 Å². The van der Waals surface area contributed by atoms with Gasteiger partial charge in [0.2, 0.25) is 0 Å². The maximum absolute atomic E-state index is 6.36. The normalized spacial score (nSPS) is 11.7. The van der Waals surface area contributed by atoms with Gasteiger partial charge in [0.05, 0.1) is 11.1 Å². The molecule has 0 aliphatic rings. The summed E-state index contributed by atoms with van der Waals surface area (Å²) < 4.78 is 12.7.